The summed E-state index contributed by atoms with van der Waals surface area (Å²) in [5, 5.41) is 11.2. The molecule has 0 aliphatic rings. The topological polar surface area (TPSA) is 79.3 Å². The summed E-state index contributed by atoms with van der Waals surface area (Å²) in [5.41, 5.74) is -0.213. The van der Waals surface area contributed by atoms with Crippen LogP contribution in [0.1, 0.15) is 26.4 Å². The highest BCUT2D eigenvalue weighted by Gasteiger charge is 2.11. The van der Waals surface area contributed by atoms with Crippen molar-refractivity contribution in [2.45, 2.75) is 6.54 Å². The summed E-state index contributed by atoms with van der Waals surface area (Å²) in [6, 6.07) is 5.34. The number of pyridine rings is 1. The second kappa shape index (κ2) is 6.08. The number of aromatic carboxylic acids is 1. The number of rotatable bonds is 4. The molecule has 108 valence electrons. The van der Waals surface area contributed by atoms with E-state index in [1.807, 2.05) is 0 Å². The van der Waals surface area contributed by atoms with Crippen molar-refractivity contribution >= 4 is 11.9 Å². The fourth-order valence-corrected chi connectivity index (χ4v) is 1.65. The molecule has 2 N–H and O–H groups in total. The number of carboxylic acids is 1. The van der Waals surface area contributed by atoms with Crippen molar-refractivity contribution < 1.29 is 23.5 Å². The second-order valence-corrected chi connectivity index (χ2v) is 4.15. The van der Waals surface area contributed by atoms with Crippen LogP contribution >= 0.6 is 0 Å². The molecule has 0 saturated heterocycles. The summed E-state index contributed by atoms with van der Waals surface area (Å²) in [4.78, 5) is 26.2. The Bertz CT molecular complexity index is 704. The molecule has 1 aromatic carbocycles. The molecule has 2 rings (SSSR count). The van der Waals surface area contributed by atoms with Crippen molar-refractivity contribution in [2.75, 3.05) is 0 Å². The van der Waals surface area contributed by atoms with Crippen LogP contribution in [0.5, 0.6) is 0 Å². The largest absolute Gasteiger partial charge is 0.477 e. The van der Waals surface area contributed by atoms with Gasteiger partial charge in [0.05, 0.1) is 0 Å². The van der Waals surface area contributed by atoms with E-state index in [1.54, 1.807) is 0 Å². The average Bonchev–Trinajstić information content (AvgIpc) is 2.48. The van der Waals surface area contributed by atoms with Crippen LogP contribution in [-0.2, 0) is 6.54 Å². The number of hydrogen-bond acceptors (Lipinski definition) is 3. The molecule has 0 radical (unpaired) electrons. The first kappa shape index (κ1) is 14.6. The Hall–Kier alpha value is -2.83. The fraction of sp³-hybridized carbons (Fsp3) is 0.0714. The zero-order valence-corrected chi connectivity index (χ0v) is 10.6. The zero-order valence-electron chi connectivity index (χ0n) is 10.6. The summed E-state index contributed by atoms with van der Waals surface area (Å²) in [7, 11) is 0. The summed E-state index contributed by atoms with van der Waals surface area (Å²) in [6.45, 7) is -0.215. The predicted octanol–water partition coefficient (Wildman–Crippen LogP) is 1.99. The van der Waals surface area contributed by atoms with E-state index in [0.717, 1.165) is 24.3 Å². The van der Waals surface area contributed by atoms with Gasteiger partial charge in [0.25, 0.3) is 5.91 Å². The Labute approximate surface area is 118 Å². The van der Waals surface area contributed by atoms with Gasteiger partial charge < -0.3 is 10.4 Å². The van der Waals surface area contributed by atoms with Crippen LogP contribution in [0.15, 0.2) is 36.5 Å². The van der Waals surface area contributed by atoms with E-state index in [4.69, 9.17) is 5.11 Å². The van der Waals surface area contributed by atoms with E-state index in [9.17, 15) is 18.4 Å². The van der Waals surface area contributed by atoms with Crippen LogP contribution in [-0.4, -0.2) is 22.0 Å². The lowest BCUT2D eigenvalue weighted by atomic mass is 10.2. The molecular formula is C14H10F2N2O3. The maximum Gasteiger partial charge on any atom is 0.354 e. The Morgan fingerprint density at radius 3 is 2.67 bits per heavy atom. The molecular weight excluding hydrogens is 282 g/mol. The Morgan fingerprint density at radius 2 is 1.95 bits per heavy atom. The maximum absolute atomic E-state index is 13.4. The molecule has 1 aromatic heterocycles. The first-order valence-electron chi connectivity index (χ1n) is 5.89. The minimum atomic E-state index is -1.26. The summed E-state index contributed by atoms with van der Waals surface area (Å²) >= 11 is 0. The smallest absolute Gasteiger partial charge is 0.354 e. The van der Waals surface area contributed by atoms with Crippen LogP contribution in [0.4, 0.5) is 8.78 Å². The minimum absolute atomic E-state index is 0.00383. The maximum atomic E-state index is 13.4. The second-order valence-electron chi connectivity index (χ2n) is 4.15. The average molecular weight is 292 g/mol. The number of nitrogens with one attached hydrogen (secondary N) is 1. The van der Waals surface area contributed by atoms with Crippen molar-refractivity contribution in [1.29, 1.82) is 0 Å². The number of nitrogens with zero attached hydrogens (tertiary/aromatic N) is 1. The summed E-state index contributed by atoms with van der Waals surface area (Å²) in [6.07, 6.45) is 1.18. The molecule has 0 aliphatic carbocycles. The quantitative estimate of drug-likeness (QED) is 0.903. The molecule has 0 fully saturated rings. The highest BCUT2D eigenvalue weighted by molar-refractivity contribution is 5.96. The van der Waals surface area contributed by atoms with E-state index in [2.05, 4.69) is 10.3 Å². The molecule has 7 heteroatoms. The number of amides is 1. The lowest BCUT2D eigenvalue weighted by molar-refractivity contribution is 0.0690. The number of halogens is 2. The van der Waals surface area contributed by atoms with Crippen LogP contribution in [0.2, 0.25) is 0 Å². The number of benzene rings is 1. The van der Waals surface area contributed by atoms with Gasteiger partial charge in [-0.3, -0.25) is 4.79 Å². The molecule has 1 heterocycles. The number of aromatic nitrogens is 1. The van der Waals surface area contributed by atoms with E-state index >= 15 is 0 Å². The molecule has 0 atom stereocenters. The van der Waals surface area contributed by atoms with Gasteiger partial charge >= 0.3 is 5.97 Å². The Balaban J connectivity index is 2.10. The number of carbonyl (C=O) groups is 2. The van der Waals surface area contributed by atoms with Gasteiger partial charge in [0, 0.05) is 23.9 Å². The van der Waals surface area contributed by atoms with Crippen molar-refractivity contribution in [3.05, 3.63) is 65.0 Å². The van der Waals surface area contributed by atoms with Gasteiger partial charge in [-0.2, -0.15) is 0 Å². The fourth-order valence-electron chi connectivity index (χ4n) is 1.65. The van der Waals surface area contributed by atoms with Crippen molar-refractivity contribution in [3.63, 3.8) is 0 Å². The number of carboxylic acid groups (broad SMARTS) is 1. The molecule has 0 bridgehead atoms. The predicted molar refractivity (Wildman–Crippen MR) is 68.7 cm³/mol. The lowest BCUT2D eigenvalue weighted by Gasteiger charge is -2.07. The SMILES string of the molecule is O=C(NCc1cc(F)ccc1F)c1ccnc(C(=O)O)c1. The lowest BCUT2D eigenvalue weighted by Crippen LogP contribution is -2.23. The van der Waals surface area contributed by atoms with Crippen molar-refractivity contribution in [3.8, 4) is 0 Å². The third-order valence-corrected chi connectivity index (χ3v) is 2.69. The third-order valence-electron chi connectivity index (χ3n) is 2.69. The molecule has 2 aromatic rings. The van der Waals surface area contributed by atoms with Crippen LogP contribution in [0.25, 0.3) is 0 Å². The molecule has 0 saturated carbocycles. The summed E-state index contributed by atoms with van der Waals surface area (Å²) in [5.74, 6) is -3.13. The molecule has 0 unspecified atom stereocenters. The van der Waals surface area contributed by atoms with Gasteiger partial charge in [-0.25, -0.2) is 18.6 Å². The Morgan fingerprint density at radius 1 is 1.19 bits per heavy atom. The van der Waals surface area contributed by atoms with Gasteiger partial charge in [-0.1, -0.05) is 0 Å². The summed E-state index contributed by atoms with van der Waals surface area (Å²) < 4.78 is 26.4. The van der Waals surface area contributed by atoms with Crippen LogP contribution in [0.3, 0.4) is 0 Å². The normalized spacial score (nSPS) is 10.2. The zero-order chi connectivity index (χ0) is 15.4. The van der Waals surface area contributed by atoms with E-state index in [-0.39, 0.29) is 23.4 Å². The van der Waals surface area contributed by atoms with Crippen LogP contribution in [0, 0.1) is 11.6 Å². The number of hydrogen-bond donors (Lipinski definition) is 2. The molecule has 0 aliphatic heterocycles. The first-order valence-corrected chi connectivity index (χ1v) is 5.89. The van der Waals surface area contributed by atoms with E-state index in [1.165, 1.54) is 12.3 Å². The molecule has 1 amide bonds. The van der Waals surface area contributed by atoms with Crippen LogP contribution < -0.4 is 5.32 Å². The van der Waals surface area contributed by atoms with E-state index < -0.39 is 23.5 Å². The van der Waals surface area contributed by atoms with Crippen molar-refractivity contribution in [1.82, 2.24) is 10.3 Å². The number of carbonyl (C=O) groups excluding carboxylic acids is 1. The monoisotopic (exact) mass is 292 g/mol. The highest BCUT2D eigenvalue weighted by Crippen LogP contribution is 2.10. The van der Waals surface area contributed by atoms with E-state index in [0.29, 0.717) is 0 Å². The van der Waals surface area contributed by atoms with Gasteiger partial charge in [0.1, 0.15) is 17.3 Å². The molecule has 5 nitrogen and oxygen atoms in total. The van der Waals surface area contributed by atoms with Gasteiger partial charge in [-0.05, 0) is 30.3 Å². The first-order chi connectivity index (χ1) is 9.97. The van der Waals surface area contributed by atoms with Crippen molar-refractivity contribution in [2.24, 2.45) is 0 Å². The van der Waals surface area contributed by atoms with Gasteiger partial charge in [0.15, 0.2) is 0 Å². The third kappa shape index (κ3) is 3.59. The standard InChI is InChI=1S/C14H10F2N2O3/c15-10-1-2-11(16)9(5-10)7-18-13(19)8-3-4-17-12(6-8)14(20)21/h1-6H,7H2,(H,18,19)(H,20,21). The van der Waals surface area contributed by atoms with Gasteiger partial charge in [0.2, 0.25) is 0 Å². The highest BCUT2D eigenvalue weighted by atomic mass is 19.1. The molecule has 21 heavy (non-hydrogen) atoms. The molecule has 0 spiro atoms. The Kier molecular flexibility index (Phi) is 4.22. The minimum Gasteiger partial charge on any atom is -0.477 e. The van der Waals surface area contributed by atoms with Gasteiger partial charge in [-0.15, -0.1) is 0 Å².